The SMILES string of the molecule is COc1cc(C(=O)Nc2cc(C)nn2-c2cccc(Br)c2)cc(OC)c1OC. The third kappa shape index (κ3) is 3.96. The van der Waals surface area contributed by atoms with Crippen LogP contribution in [0, 0.1) is 6.92 Å². The quantitative estimate of drug-likeness (QED) is 0.614. The molecule has 7 nitrogen and oxygen atoms in total. The summed E-state index contributed by atoms with van der Waals surface area (Å²) in [5, 5.41) is 7.38. The minimum absolute atomic E-state index is 0.324. The Morgan fingerprint density at radius 3 is 2.29 bits per heavy atom. The monoisotopic (exact) mass is 445 g/mol. The Morgan fingerprint density at radius 1 is 1.04 bits per heavy atom. The van der Waals surface area contributed by atoms with Crippen LogP contribution in [0.4, 0.5) is 5.82 Å². The van der Waals surface area contributed by atoms with Gasteiger partial charge in [-0.1, -0.05) is 22.0 Å². The van der Waals surface area contributed by atoms with E-state index in [2.05, 4.69) is 26.3 Å². The van der Waals surface area contributed by atoms with Crippen LogP contribution in [0.3, 0.4) is 0 Å². The molecule has 1 heterocycles. The zero-order chi connectivity index (χ0) is 20.3. The number of carbonyl (C=O) groups is 1. The molecule has 3 aromatic rings. The molecular formula is C20H20BrN3O4. The van der Waals surface area contributed by atoms with Crippen molar-refractivity contribution in [2.75, 3.05) is 26.6 Å². The molecule has 0 aliphatic carbocycles. The molecule has 0 aliphatic rings. The Balaban J connectivity index is 1.96. The minimum Gasteiger partial charge on any atom is -0.493 e. The number of anilines is 1. The molecule has 0 saturated heterocycles. The minimum atomic E-state index is -0.324. The van der Waals surface area contributed by atoms with Crippen LogP contribution in [-0.4, -0.2) is 37.0 Å². The van der Waals surface area contributed by atoms with Crippen molar-refractivity contribution >= 4 is 27.7 Å². The number of halogens is 1. The van der Waals surface area contributed by atoms with Gasteiger partial charge in [-0.15, -0.1) is 0 Å². The number of hydrogen-bond acceptors (Lipinski definition) is 5. The van der Waals surface area contributed by atoms with Gasteiger partial charge in [-0.2, -0.15) is 5.10 Å². The van der Waals surface area contributed by atoms with Gasteiger partial charge < -0.3 is 19.5 Å². The highest BCUT2D eigenvalue weighted by atomic mass is 79.9. The van der Waals surface area contributed by atoms with Crippen LogP contribution in [0.2, 0.25) is 0 Å². The van der Waals surface area contributed by atoms with Crippen molar-refractivity contribution in [2.24, 2.45) is 0 Å². The number of nitrogens with one attached hydrogen (secondary N) is 1. The predicted molar refractivity (Wildman–Crippen MR) is 110 cm³/mol. The topological polar surface area (TPSA) is 74.6 Å². The lowest BCUT2D eigenvalue weighted by Gasteiger charge is -2.14. The van der Waals surface area contributed by atoms with Crippen molar-refractivity contribution in [1.29, 1.82) is 0 Å². The van der Waals surface area contributed by atoms with Crippen molar-refractivity contribution < 1.29 is 19.0 Å². The Hall–Kier alpha value is -3.00. The molecule has 28 heavy (non-hydrogen) atoms. The van der Waals surface area contributed by atoms with E-state index in [0.717, 1.165) is 15.9 Å². The first-order valence-corrected chi connectivity index (χ1v) is 9.20. The second-order valence-electron chi connectivity index (χ2n) is 5.93. The number of hydrogen-bond donors (Lipinski definition) is 1. The number of benzene rings is 2. The third-order valence-electron chi connectivity index (χ3n) is 4.05. The number of methoxy groups -OCH3 is 3. The lowest BCUT2D eigenvalue weighted by Crippen LogP contribution is -2.15. The van der Waals surface area contributed by atoms with E-state index in [0.29, 0.717) is 28.6 Å². The molecule has 3 rings (SSSR count). The Kier molecular flexibility index (Phi) is 5.89. The van der Waals surface area contributed by atoms with Gasteiger partial charge in [-0.25, -0.2) is 4.68 Å². The van der Waals surface area contributed by atoms with Gasteiger partial charge in [0, 0.05) is 16.1 Å². The maximum absolute atomic E-state index is 12.9. The van der Waals surface area contributed by atoms with Crippen LogP contribution < -0.4 is 19.5 Å². The summed E-state index contributed by atoms with van der Waals surface area (Å²) in [6.45, 7) is 1.86. The van der Waals surface area contributed by atoms with Gasteiger partial charge in [-0.3, -0.25) is 4.79 Å². The summed E-state index contributed by atoms with van der Waals surface area (Å²) in [6, 6.07) is 12.7. The van der Waals surface area contributed by atoms with Crippen LogP contribution in [0.25, 0.3) is 5.69 Å². The second kappa shape index (κ2) is 8.35. The molecule has 0 unspecified atom stereocenters. The smallest absolute Gasteiger partial charge is 0.257 e. The van der Waals surface area contributed by atoms with E-state index in [4.69, 9.17) is 14.2 Å². The lowest BCUT2D eigenvalue weighted by atomic mass is 10.1. The highest BCUT2D eigenvalue weighted by molar-refractivity contribution is 9.10. The van der Waals surface area contributed by atoms with Crippen molar-refractivity contribution in [3.05, 3.63) is 58.2 Å². The third-order valence-corrected chi connectivity index (χ3v) is 4.55. The summed E-state index contributed by atoms with van der Waals surface area (Å²) < 4.78 is 18.5. The van der Waals surface area contributed by atoms with E-state index in [1.807, 2.05) is 31.2 Å². The molecule has 1 N–H and O–H groups in total. The predicted octanol–water partition coefficient (Wildman–Crippen LogP) is 4.22. The maximum atomic E-state index is 12.9. The van der Waals surface area contributed by atoms with Gasteiger partial charge >= 0.3 is 0 Å². The molecule has 0 radical (unpaired) electrons. The van der Waals surface area contributed by atoms with Crippen molar-refractivity contribution in [1.82, 2.24) is 9.78 Å². The van der Waals surface area contributed by atoms with E-state index in [-0.39, 0.29) is 5.91 Å². The second-order valence-corrected chi connectivity index (χ2v) is 6.85. The van der Waals surface area contributed by atoms with Gasteiger partial charge in [0.25, 0.3) is 5.91 Å². The molecule has 146 valence electrons. The average Bonchev–Trinajstić information content (AvgIpc) is 3.06. The van der Waals surface area contributed by atoms with Gasteiger partial charge in [0.15, 0.2) is 11.5 Å². The summed E-state index contributed by atoms with van der Waals surface area (Å²) in [5.41, 5.74) is 1.97. The number of amides is 1. The summed E-state index contributed by atoms with van der Waals surface area (Å²) in [6.07, 6.45) is 0. The first kappa shape index (κ1) is 19.8. The molecule has 8 heteroatoms. The van der Waals surface area contributed by atoms with Crippen LogP contribution in [0.5, 0.6) is 17.2 Å². The van der Waals surface area contributed by atoms with Crippen molar-refractivity contribution in [3.8, 4) is 22.9 Å². The summed E-state index contributed by atoms with van der Waals surface area (Å²) in [5.74, 6) is 1.47. The van der Waals surface area contributed by atoms with Gasteiger partial charge in [0.2, 0.25) is 5.75 Å². The molecule has 0 aliphatic heterocycles. The van der Waals surface area contributed by atoms with E-state index in [9.17, 15) is 4.79 Å². The summed E-state index contributed by atoms with van der Waals surface area (Å²) in [7, 11) is 4.52. The average molecular weight is 446 g/mol. The first-order chi connectivity index (χ1) is 13.5. The number of nitrogens with zero attached hydrogens (tertiary/aromatic N) is 2. The van der Waals surface area contributed by atoms with Gasteiger partial charge in [0.05, 0.1) is 32.7 Å². The highest BCUT2D eigenvalue weighted by Gasteiger charge is 2.18. The largest absolute Gasteiger partial charge is 0.493 e. The molecular weight excluding hydrogens is 426 g/mol. The van der Waals surface area contributed by atoms with Crippen LogP contribution in [0.15, 0.2) is 46.9 Å². The van der Waals surface area contributed by atoms with Gasteiger partial charge in [-0.05, 0) is 37.3 Å². The fraction of sp³-hybridized carbons (Fsp3) is 0.200. The molecule has 0 fully saturated rings. The molecule has 0 bridgehead atoms. The van der Waals surface area contributed by atoms with Crippen LogP contribution >= 0.6 is 15.9 Å². The number of aromatic nitrogens is 2. The van der Waals surface area contributed by atoms with E-state index in [1.165, 1.54) is 21.3 Å². The maximum Gasteiger partial charge on any atom is 0.257 e. The lowest BCUT2D eigenvalue weighted by molar-refractivity contribution is 0.102. The Bertz CT molecular complexity index is 991. The molecule has 0 atom stereocenters. The summed E-state index contributed by atoms with van der Waals surface area (Å²) in [4.78, 5) is 12.9. The van der Waals surface area contributed by atoms with Crippen LogP contribution in [-0.2, 0) is 0 Å². The van der Waals surface area contributed by atoms with Crippen molar-refractivity contribution in [3.63, 3.8) is 0 Å². The zero-order valence-corrected chi connectivity index (χ0v) is 17.5. The number of ether oxygens (including phenoxy) is 3. The molecule has 2 aromatic carbocycles. The fourth-order valence-electron chi connectivity index (χ4n) is 2.79. The zero-order valence-electron chi connectivity index (χ0n) is 15.9. The normalized spacial score (nSPS) is 10.5. The molecule has 0 saturated carbocycles. The van der Waals surface area contributed by atoms with Gasteiger partial charge in [0.1, 0.15) is 5.82 Å². The Labute approximate surface area is 171 Å². The van der Waals surface area contributed by atoms with Crippen molar-refractivity contribution in [2.45, 2.75) is 6.92 Å². The number of rotatable bonds is 6. The Morgan fingerprint density at radius 2 is 1.71 bits per heavy atom. The first-order valence-electron chi connectivity index (χ1n) is 8.40. The molecule has 0 spiro atoms. The van der Waals surface area contributed by atoms with E-state index < -0.39 is 0 Å². The van der Waals surface area contributed by atoms with Crippen LogP contribution in [0.1, 0.15) is 16.1 Å². The molecule has 1 amide bonds. The number of carbonyl (C=O) groups excluding carboxylic acids is 1. The van der Waals surface area contributed by atoms with E-state index in [1.54, 1.807) is 22.9 Å². The summed E-state index contributed by atoms with van der Waals surface area (Å²) >= 11 is 3.46. The van der Waals surface area contributed by atoms with E-state index >= 15 is 0 Å². The standard InChI is InChI=1S/C20H20BrN3O4/c1-12-8-18(24(23-12)15-7-5-6-14(21)11-15)22-20(25)13-9-16(26-2)19(28-4)17(10-13)27-3/h5-11H,1-4H3,(H,22,25). The fourth-order valence-corrected chi connectivity index (χ4v) is 3.18. The number of aryl methyl sites for hydroxylation is 1. The highest BCUT2D eigenvalue weighted by Crippen LogP contribution is 2.38. The molecule has 1 aromatic heterocycles.